The van der Waals surface area contributed by atoms with Crippen LogP contribution in [-0.4, -0.2) is 26.8 Å². The van der Waals surface area contributed by atoms with Crippen molar-refractivity contribution in [3.05, 3.63) is 0 Å². The molecule has 3 N–H and O–H groups in total. The van der Waals surface area contributed by atoms with Crippen LogP contribution >= 0.6 is 0 Å². The number of hydrogen-bond donors (Lipinski definition) is 2. The minimum absolute atomic E-state index is 0.143. The van der Waals surface area contributed by atoms with E-state index in [0.717, 1.165) is 0 Å². The molecule has 0 saturated heterocycles. The van der Waals surface area contributed by atoms with Crippen LogP contribution in [-0.2, 0) is 14.9 Å². The van der Waals surface area contributed by atoms with Crippen molar-refractivity contribution in [2.24, 2.45) is 5.90 Å². The molecule has 0 aromatic heterocycles. The van der Waals surface area contributed by atoms with Gasteiger partial charge >= 0.3 is 0 Å². The Hall–Kier alpha value is -0.170. The van der Waals surface area contributed by atoms with Gasteiger partial charge in [-0.05, 0) is 13.3 Å². The van der Waals surface area contributed by atoms with Gasteiger partial charge in [-0.2, -0.15) is 0 Å². The summed E-state index contributed by atoms with van der Waals surface area (Å²) in [6.07, 6.45) is 0.310. The van der Waals surface area contributed by atoms with Crippen molar-refractivity contribution in [1.29, 1.82) is 0 Å². The number of rotatable bonds is 6. The van der Waals surface area contributed by atoms with E-state index in [2.05, 4.69) is 9.56 Å². The molecule has 0 aromatic rings. The molecule has 0 spiro atoms. The molecule has 0 heterocycles. The lowest BCUT2D eigenvalue weighted by Gasteiger charge is -2.09. The van der Waals surface area contributed by atoms with E-state index in [1.165, 1.54) is 0 Å². The molecule has 0 aliphatic heterocycles. The fraction of sp³-hybridized carbons (Fsp3) is 1.00. The summed E-state index contributed by atoms with van der Waals surface area (Å²) in [5, 5.41) is 0. The van der Waals surface area contributed by atoms with Crippen LogP contribution in [0, 0.1) is 0 Å². The number of nitrogens with two attached hydrogens (primary N) is 1. The molecule has 74 valence electrons. The summed E-state index contributed by atoms with van der Waals surface area (Å²) in [5.41, 5.74) is 0. The molecule has 0 aliphatic carbocycles. The third-order valence-electron chi connectivity index (χ3n) is 1.30. The second kappa shape index (κ2) is 5.47. The molecule has 0 aromatic carbocycles. The highest BCUT2D eigenvalue weighted by molar-refractivity contribution is 7.89. The Morgan fingerprint density at radius 2 is 2.17 bits per heavy atom. The van der Waals surface area contributed by atoms with Crippen LogP contribution in [0.4, 0.5) is 0 Å². The average molecular weight is 196 g/mol. The fourth-order valence-electron chi connectivity index (χ4n) is 0.633. The minimum atomic E-state index is -3.12. The highest BCUT2D eigenvalue weighted by Gasteiger charge is 2.09. The van der Waals surface area contributed by atoms with Gasteiger partial charge in [-0.3, -0.25) is 0 Å². The number of nitrogens with one attached hydrogen (secondary N) is 1. The highest BCUT2D eigenvalue weighted by atomic mass is 32.2. The fourth-order valence-corrected chi connectivity index (χ4v) is 1.80. The summed E-state index contributed by atoms with van der Waals surface area (Å²) in [6, 6.07) is 0. The van der Waals surface area contributed by atoms with Crippen molar-refractivity contribution < 1.29 is 13.3 Å². The molecule has 0 rings (SSSR count). The molecule has 0 amide bonds. The molecule has 0 bridgehead atoms. The SMILES string of the molecule is CCCS(=O)(=O)NCC(C)ON. The molecule has 1 unspecified atom stereocenters. The normalized spacial score (nSPS) is 14.6. The molecule has 5 nitrogen and oxygen atoms in total. The first-order chi connectivity index (χ1) is 5.52. The van der Waals surface area contributed by atoms with Crippen molar-refractivity contribution >= 4 is 10.0 Å². The largest absolute Gasteiger partial charge is 0.300 e. The molecule has 0 saturated carbocycles. The van der Waals surface area contributed by atoms with Gasteiger partial charge in [0.25, 0.3) is 0 Å². The predicted molar refractivity (Wildman–Crippen MR) is 46.8 cm³/mol. The van der Waals surface area contributed by atoms with Crippen molar-refractivity contribution in [3.8, 4) is 0 Å². The van der Waals surface area contributed by atoms with Crippen LogP contribution in [0.25, 0.3) is 0 Å². The van der Waals surface area contributed by atoms with Crippen LogP contribution < -0.4 is 10.6 Å². The van der Waals surface area contributed by atoms with Gasteiger partial charge < -0.3 is 4.84 Å². The topological polar surface area (TPSA) is 81.4 Å². The lowest BCUT2D eigenvalue weighted by Crippen LogP contribution is -2.34. The maximum Gasteiger partial charge on any atom is 0.211 e. The summed E-state index contributed by atoms with van der Waals surface area (Å²) in [7, 11) is -3.12. The van der Waals surface area contributed by atoms with Crippen LogP contribution in [0.2, 0.25) is 0 Å². The van der Waals surface area contributed by atoms with Crippen LogP contribution in [0.5, 0.6) is 0 Å². The van der Waals surface area contributed by atoms with Gasteiger partial charge in [0.1, 0.15) is 0 Å². The Bertz CT molecular complexity index is 203. The third-order valence-corrected chi connectivity index (χ3v) is 2.85. The Labute approximate surface area is 73.3 Å². The van der Waals surface area contributed by atoms with Crippen molar-refractivity contribution in [2.45, 2.75) is 26.4 Å². The van der Waals surface area contributed by atoms with E-state index in [1.807, 2.05) is 6.92 Å². The lowest BCUT2D eigenvalue weighted by molar-refractivity contribution is 0.0702. The summed E-state index contributed by atoms with van der Waals surface area (Å²) in [5.74, 6) is 4.98. The molecular weight excluding hydrogens is 180 g/mol. The quantitative estimate of drug-likeness (QED) is 0.566. The Morgan fingerprint density at radius 1 is 1.58 bits per heavy atom. The number of hydrogen-bond acceptors (Lipinski definition) is 4. The van der Waals surface area contributed by atoms with E-state index in [-0.39, 0.29) is 18.4 Å². The van der Waals surface area contributed by atoms with Gasteiger partial charge in [-0.25, -0.2) is 19.0 Å². The van der Waals surface area contributed by atoms with Crippen molar-refractivity contribution in [3.63, 3.8) is 0 Å². The smallest absolute Gasteiger partial charge is 0.211 e. The second-order valence-corrected chi connectivity index (χ2v) is 4.54. The summed E-state index contributed by atoms with van der Waals surface area (Å²) >= 11 is 0. The van der Waals surface area contributed by atoms with E-state index in [1.54, 1.807) is 6.92 Å². The van der Waals surface area contributed by atoms with Crippen LogP contribution in [0.1, 0.15) is 20.3 Å². The Balaban J connectivity index is 3.76. The van der Waals surface area contributed by atoms with Gasteiger partial charge in [0.2, 0.25) is 10.0 Å². The third kappa shape index (κ3) is 5.48. The molecule has 0 radical (unpaired) electrons. The van der Waals surface area contributed by atoms with Gasteiger partial charge in [-0.15, -0.1) is 0 Å². The zero-order valence-electron chi connectivity index (χ0n) is 7.41. The van der Waals surface area contributed by atoms with E-state index in [9.17, 15) is 8.42 Å². The molecule has 0 aliphatic rings. The van der Waals surface area contributed by atoms with E-state index >= 15 is 0 Å². The molecule has 1 atom stereocenters. The van der Waals surface area contributed by atoms with Gasteiger partial charge in [0, 0.05) is 6.54 Å². The first-order valence-corrected chi connectivity index (χ1v) is 5.50. The number of sulfonamides is 1. The Morgan fingerprint density at radius 3 is 2.58 bits per heavy atom. The second-order valence-electron chi connectivity index (χ2n) is 2.61. The minimum Gasteiger partial charge on any atom is -0.300 e. The lowest BCUT2D eigenvalue weighted by atomic mass is 10.4. The maximum absolute atomic E-state index is 11.0. The zero-order chi connectivity index (χ0) is 9.61. The summed E-state index contributed by atoms with van der Waals surface area (Å²) < 4.78 is 24.5. The van der Waals surface area contributed by atoms with E-state index in [0.29, 0.717) is 6.42 Å². The maximum atomic E-state index is 11.0. The van der Waals surface area contributed by atoms with Crippen molar-refractivity contribution in [2.75, 3.05) is 12.3 Å². The summed E-state index contributed by atoms with van der Waals surface area (Å²) in [4.78, 5) is 4.40. The van der Waals surface area contributed by atoms with Gasteiger partial charge in [0.05, 0.1) is 11.9 Å². The van der Waals surface area contributed by atoms with E-state index in [4.69, 9.17) is 5.90 Å². The zero-order valence-corrected chi connectivity index (χ0v) is 8.23. The highest BCUT2D eigenvalue weighted by Crippen LogP contribution is 1.90. The van der Waals surface area contributed by atoms with Crippen molar-refractivity contribution in [1.82, 2.24) is 4.72 Å². The molecular formula is C6H16N2O3S. The van der Waals surface area contributed by atoms with Crippen LogP contribution in [0.15, 0.2) is 0 Å². The standard InChI is InChI=1S/C6H16N2O3S/c1-3-4-12(9,10)8-5-6(2)11-7/h6,8H,3-5,7H2,1-2H3. The molecule has 6 heteroatoms. The molecule has 12 heavy (non-hydrogen) atoms. The average Bonchev–Trinajstić information content (AvgIpc) is 2.00. The Kier molecular flexibility index (Phi) is 5.39. The first kappa shape index (κ1) is 11.8. The molecule has 0 fully saturated rings. The predicted octanol–water partition coefficient (Wildman–Crippen LogP) is -0.405. The monoisotopic (exact) mass is 196 g/mol. The van der Waals surface area contributed by atoms with Crippen LogP contribution in [0.3, 0.4) is 0 Å². The van der Waals surface area contributed by atoms with E-state index < -0.39 is 10.0 Å². The van der Waals surface area contributed by atoms with Gasteiger partial charge in [-0.1, -0.05) is 6.92 Å². The first-order valence-electron chi connectivity index (χ1n) is 3.84. The van der Waals surface area contributed by atoms with Gasteiger partial charge in [0.15, 0.2) is 0 Å². The summed E-state index contributed by atoms with van der Waals surface area (Å²) in [6.45, 7) is 3.72.